The van der Waals surface area contributed by atoms with E-state index in [0.29, 0.717) is 11.5 Å². The molecule has 0 heterocycles. The molecule has 0 fully saturated rings. The Hall–Kier alpha value is 0.137. The maximum atomic E-state index is 5.44. The van der Waals surface area contributed by atoms with Gasteiger partial charge in [-0.2, -0.15) is 0 Å². The summed E-state index contributed by atoms with van der Waals surface area (Å²) < 4.78 is 5.44. The van der Waals surface area contributed by atoms with Crippen LogP contribution < -0.4 is 5.48 Å². The van der Waals surface area contributed by atoms with E-state index in [9.17, 15) is 0 Å². The van der Waals surface area contributed by atoms with Crippen LogP contribution in [0, 0.1) is 5.41 Å². The van der Waals surface area contributed by atoms with Gasteiger partial charge in [-0.1, -0.05) is 20.8 Å². The molecule has 1 unspecified atom stereocenters. The second kappa shape index (κ2) is 4.99. The van der Waals surface area contributed by atoms with Crippen LogP contribution in [0.5, 0.6) is 0 Å². The summed E-state index contributed by atoms with van der Waals surface area (Å²) in [5.41, 5.74) is 3.48. The molecule has 0 aromatic carbocycles. The molecular weight excluding hydrogens is 166 g/mol. The van der Waals surface area contributed by atoms with Gasteiger partial charge >= 0.3 is 0 Å². The van der Waals surface area contributed by atoms with Crippen molar-refractivity contribution in [2.24, 2.45) is 5.41 Å². The third kappa shape index (κ3) is 8.24. The van der Waals surface area contributed by atoms with Gasteiger partial charge in [0.25, 0.3) is 0 Å². The van der Waals surface area contributed by atoms with Crippen LogP contribution in [0.1, 0.15) is 34.1 Å². The van der Waals surface area contributed by atoms with Crippen LogP contribution in [-0.4, -0.2) is 15.1 Å². The van der Waals surface area contributed by atoms with Crippen LogP contribution in [0.15, 0.2) is 0 Å². The predicted molar refractivity (Wildman–Crippen MR) is 56.6 cm³/mol. The molecule has 0 radical (unpaired) electrons. The van der Waals surface area contributed by atoms with E-state index in [0.717, 1.165) is 6.42 Å². The van der Waals surface area contributed by atoms with Crippen molar-refractivity contribution >= 4 is 9.04 Å². The van der Waals surface area contributed by atoms with Crippen LogP contribution >= 0.6 is 0 Å². The molecule has 1 N–H and O–H groups in total. The minimum absolute atomic E-state index is 0.383. The van der Waals surface area contributed by atoms with Gasteiger partial charge in [0.05, 0.1) is 0 Å². The van der Waals surface area contributed by atoms with Crippen molar-refractivity contribution in [3.63, 3.8) is 0 Å². The van der Waals surface area contributed by atoms with Crippen LogP contribution in [0.4, 0.5) is 0 Å². The molecule has 0 amide bonds. The van der Waals surface area contributed by atoms with E-state index in [1.807, 2.05) is 0 Å². The van der Waals surface area contributed by atoms with Crippen molar-refractivity contribution < 1.29 is 4.53 Å². The van der Waals surface area contributed by atoms with Gasteiger partial charge in [0.1, 0.15) is 0 Å². The number of hydrogen-bond acceptors (Lipinski definition) is 2. The molecule has 0 saturated carbocycles. The first kappa shape index (κ1) is 12.1. The number of hydroxylamine groups is 1. The first-order valence-corrected chi connectivity index (χ1v) is 7.50. The highest BCUT2D eigenvalue weighted by Crippen LogP contribution is 2.20. The van der Waals surface area contributed by atoms with Gasteiger partial charge in [-0.25, -0.2) is 5.48 Å². The second-order valence-corrected chi connectivity index (χ2v) is 7.28. The van der Waals surface area contributed by atoms with Gasteiger partial charge in [-0.15, -0.1) is 0 Å². The van der Waals surface area contributed by atoms with Gasteiger partial charge in [-0.05, 0) is 31.9 Å². The number of nitrogens with one attached hydrogen (secondary N) is 1. The highest BCUT2D eigenvalue weighted by Gasteiger charge is 2.15. The van der Waals surface area contributed by atoms with E-state index in [1.54, 1.807) is 0 Å². The first-order chi connectivity index (χ1) is 5.31. The van der Waals surface area contributed by atoms with E-state index in [2.05, 4.69) is 46.3 Å². The standard InChI is InChI=1S/C9H23NOSi/c1-8(7-9(2,3)4)10-11-12(5)6/h8,10,12H,7H2,1-6H3. The van der Waals surface area contributed by atoms with Gasteiger partial charge in [0, 0.05) is 6.04 Å². The Morgan fingerprint density at radius 3 is 2.17 bits per heavy atom. The van der Waals surface area contributed by atoms with E-state index < -0.39 is 9.04 Å². The lowest BCUT2D eigenvalue weighted by Gasteiger charge is -2.24. The third-order valence-electron chi connectivity index (χ3n) is 1.42. The molecule has 0 spiro atoms. The number of hydrogen-bond donors (Lipinski definition) is 1. The van der Waals surface area contributed by atoms with Crippen LogP contribution in [0.3, 0.4) is 0 Å². The van der Waals surface area contributed by atoms with E-state index in [-0.39, 0.29) is 0 Å². The van der Waals surface area contributed by atoms with Gasteiger partial charge in [0.15, 0.2) is 9.04 Å². The van der Waals surface area contributed by atoms with Crippen molar-refractivity contribution in [1.82, 2.24) is 5.48 Å². The molecule has 0 aliphatic rings. The van der Waals surface area contributed by atoms with Crippen molar-refractivity contribution in [2.45, 2.75) is 53.3 Å². The highest BCUT2D eigenvalue weighted by molar-refractivity contribution is 6.48. The first-order valence-electron chi connectivity index (χ1n) is 4.72. The Kier molecular flexibility index (Phi) is 5.05. The summed E-state index contributed by atoms with van der Waals surface area (Å²) in [4.78, 5) is 0. The lowest BCUT2D eigenvalue weighted by Crippen LogP contribution is -2.33. The second-order valence-electron chi connectivity index (χ2n) is 4.95. The third-order valence-corrected chi connectivity index (χ3v) is 2.03. The number of rotatable bonds is 4. The fraction of sp³-hybridized carbons (Fsp3) is 1.00. The van der Waals surface area contributed by atoms with Crippen molar-refractivity contribution in [3.05, 3.63) is 0 Å². The zero-order valence-electron chi connectivity index (χ0n) is 9.27. The molecule has 0 aliphatic carbocycles. The normalized spacial score (nSPS) is 15.2. The monoisotopic (exact) mass is 189 g/mol. The Labute approximate surface area is 78.4 Å². The summed E-state index contributed by atoms with van der Waals surface area (Å²) in [6.45, 7) is 13.2. The molecule has 12 heavy (non-hydrogen) atoms. The van der Waals surface area contributed by atoms with Crippen LogP contribution in [0.2, 0.25) is 13.1 Å². The Morgan fingerprint density at radius 2 is 1.83 bits per heavy atom. The molecule has 74 valence electrons. The zero-order chi connectivity index (χ0) is 9.78. The predicted octanol–water partition coefficient (Wildman–Crippen LogP) is 2.32. The summed E-state index contributed by atoms with van der Waals surface area (Å²) >= 11 is 0. The summed E-state index contributed by atoms with van der Waals surface area (Å²) in [6, 6.07) is 0.458. The minimum Gasteiger partial charge on any atom is -0.350 e. The molecule has 0 bridgehead atoms. The van der Waals surface area contributed by atoms with Gasteiger partial charge < -0.3 is 4.53 Å². The van der Waals surface area contributed by atoms with Gasteiger partial charge in [-0.3, -0.25) is 0 Å². The fourth-order valence-corrected chi connectivity index (χ4v) is 1.72. The van der Waals surface area contributed by atoms with Crippen molar-refractivity contribution in [1.29, 1.82) is 0 Å². The molecule has 0 aliphatic heterocycles. The quantitative estimate of drug-likeness (QED) is 0.541. The zero-order valence-corrected chi connectivity index (χ0v) is 10.4. The lowest BCUT2D eigenvalue weighted by molar-refractivity contribution is 0.137. The minimum atomic E-state index is -0.906. The maximum absolute atomic E-state index is 5.44. The Balaban J connectivity index is 3.53. The molecule has 0 rings (SSSR count). The molecule has 0 saturated heterocycles. The summed E-state index contributed by atoms with van der Waals surface area (Å²) in [6.07, 6.45) is 1.15. The molecule has 2 nitrogen and oxygen atoms in total. The molecule has 0 aromatic rings. The topological polar surface area (TPSA) is 21.3 Å². The van der Waals surface area contributed by atoms with Gasteiger partial charge in [0.2, 0.25) is 0 Å². The Bertz CT molecular complexity index is 120. The van der Waals surface area contributed by atoms with E-state index in [1.165, 1.54) is 0 Å². The van der Waals surface area contributed by atoms with E-state index >= 15 is 0 Å². The SMILES string of the molecule is CC(CC(C)(C)C)NO[SiH](C)C. The Morgan fingerprint density at radius 1 is 1.33 bits per heavy atom. The van der Waals surface area contributed by atoms with Crippen LogP contribution in [0.25, 0.3) is 0 Å². The van der Waals surface area contributed by atoms with Crippen LogP contribution in [-0.2, 0) is 4.53 Å². The molecule has 1 atom stereocenters. The van der Waals surface area contributed by atoms with Crippen molar-refractivity contribution in [3.8, 4) is 0 Å². The van der Waals surface area contributed by atoms with Crippen molar-refractivity contribution in [2.75, 3.05) is 0 Å². The average Bonchev–Trinajstić information content (AvgIpc) is 1.79. The largest absolute Gasteiger partial charge is 0.350 e. The average molecular weight is 189 g/mol. The molecule has 3 heteroatoms. The summed E-state index contributed by atoms with van der Waals surface area (Å²) in [7, 11) is -0.906. The summed E-state index contributed by atoms with van der Waals surface area (Å²) in [5, 5.41) is 0. The molecule has 0 aromatic heterocycles. The highest BCUT2D eigenvalue weighted by atomic mass is 28.3. The fourth-order valence-electron chi connectivity index (χ4n) is 1.21. The molecular formula is C9H23NOSi. The lowest BCUT2D eigenvalue weighted by atomic mass is 9.89. The van der Waals surface area contributed by atoms with E-state index in [4.69, 9.17) is 4.53 Å². The maximum Gasteiger partial charge on any atom is 0.199 e. The smallest absolute Gasteiger partial charge is 0.199 e. The summed E-state index contributed by atoms with van der Waals surface area (Å²) in [5.74, 6) is 0.